The number of carbonyl (C=O) groups is 1. The zero-order valence-electron chi connectivity index (χ0n) is 10.7. The smallest absolute Gasteiger partial charge is 0.254 e. The third-order valence-corrected chi connectivity index (χ3v) is 2.87. The van der Waals surface area contributed by atoms with E-state index in [9.17, 15) is 4.79 Å². The van der Waals surface area contributed by atoms with Crippen molar-refractivity contribution in [3.05, 3.63) is 29.8 Å². The van der Waals surface area contributed by atoms with Gasteiger partial charge in [0.15, 0.2) is 0 Å². The zero-order valence-corrected chi connectivity index (χ0v) is 10.7. The van der Waals surface area contributed by atoms with Crippen LogP contribution >= 0.6 is 0 Å². The molecule has 1 aliphatic heterocycles. The first-order chi connectivity index (χ1) is 9.31. The first kappa shape index (κ1) is 13.8. The highest BCUT2D eigenvalue weighted by atomic mass is 16.6. The number of morpholine rings is 1. The molecule has 1 aromatic carbocycles. The third-order valence-electron chi connectivity index (χ3n) is 2.87. The number of hydrogen-bond donors (Lipinski definition) is 1. The Balaban J connectivity index is 1.91. The molecule has 0 saturated carbocycles. The highest BCUT2D eigenvalue weighted by Gasteiger charge is 2.18. The first-order valence-corrected chi connectivity index (χ1v) is 6.23. The summed E-state index contributed by atoms with van der Waals surface area (Å²) in [5.74, 6) is 5.62. The summed E-state index contributed by atoms with van der Waals surface area (Å²) in [6.45, 7) is 3.20. The van der Waals surface area contributed by atoms with Crippen LogP contribution in [0.5, 0.6) is 5.75 Å². The summed E-state index contributed by atoms with van der Waals surface area (Å²) >= 11 is 0. The second-order valence-electron chi connectivity index (χ2n) is 4.15. The van der Waals surface area contributed by atoms with E-state index in [1.807, 2.05) is 0 Å². The largest absolute Gasteiger partial charge is 0.491 e. The molecule has 1 fully saturated rings. The van der Waals surface area contributed by atoms with Crippen LogP contribution in [-0.4, -0.2) is 50.3 Å². The van der Waals surface area contributed by atoms with E-state index < -0.39 is 0 Å². The molecule has 2 rings (SSSR count). The van der Waals surface area contributed by atoms with Gasteiger partial charge in [0, 0.05) is 18.7 Å². The molecule has 0 aromatic heterocycles. The van der Waals surface area contributed by atoms with Crippen LogP contribution in [0.2, 0.25) is 0 Å². The van der Waals surface area contributed by atoms with Crippen LogP contribution in [0.25, 0.3) is 0 Å². The van der Waals surface area contributed by atoms with Crippen molar-refractivity contribution in [3.63, 3.8) is 0 Å². The van der Waals surface area contributed by atoms with Gasteiger partial charge < -0.3 is 19.2 Å². The van der Waals surface area contributed by atoms with Gasteiger partial charge in [0.2, 0.25) is 0 Å². The number of rotatable bonds is 5. The van der Waals surface area contributed by atoms with Crippen LogP contribution in [0.15, 0.2) is 24.3 Å². The Labute approximate surface area is 112 Å². The molecule has 0 aliphatic carbocycles. The summed E-state index contributed by atoms with van der Waals surface area (Å²) in [7, 11) is 0. The lowest BCUT2D eigenvalue weighted by Crippen LogP contribution is -2.40. The molecule has 1 amide bonds. The normalized spacial score (nSPS) is 15.3. The molecule has 0 unspecified atom stereocenters. The van der Waals surface area contributed by atoms with Gasteiger partial charge in [-0.1, -0.05) is 0 Å². The van der Waals surface area contributed by atoms with Crippen molar-refractivity contribution in [2.45, 2.75) is 0 Å². The number of amides is 1. The number of hydrogen-bond acceptors (Lipinski definition) is 5. The summed E-state index contributed by atoms with van der Waals surface area (Å²) in [6.07, 6.45) is 0. The van der Waals surface area contributed by atoms with E-state index in [4.69, 9.17) is 15.4 Å². The molecule has 1 aromatic rings. The molecule has 1 saturated heterocycles. The van der Waals surface area contributed by atoms with Crippen molar-refractivity contribution in [3.8, 4) is 5.75 Å². The van der Waals surface area contributed by atoms with Gasteiger partial charge in [-0.25, -0.2) is 5.90 Å². The molecule has 0 spiro atoms. The van der Waals surface area contributed by atoms with Crippen LogP contribution < -0.4 is 10.6 Å². The van der Waals surface area contributed by atoms with Crippen LogP contribution in [0.3, 0.4) is 0 Å². The van der Waals surface area contributed by atoms with Gasteiger partial charge in [-0.2, -0.15) is 0 Å². The molecule has 6 nitrogen and oxygen atoms in total. The molecule has 1 aliphatic rings. The van der Waals surface area contributed by atoms with Gasteiger partial charge in [0.05, 0.1) is 13.2 Å². The van der Waals surface area contributed by atoms with Crippen LogP contribution in [0.1, 0.15) is 10.4 Å². The minimum absolute atomic E-state index is 0.0279. The van der Waals surface area contributed by atoms with E-state index in [0.717, 1.165) is 0 Å². The van der Waals surface area contributed by atoms with Crippen molar-refractivity contribution >= 4 is 5.91 Å². The predicted octanol–water partition coefficient (Wildman–Crippen LogP) is 0.428. The number of nitrogens with zero attached hydrogens (tertiary/aromatic N) is 1. The fourth-order valence-corrected chi connectivity index (χ4v) is 1.85. The molecule has 0 radical (unpaired) electrons. The van der Waals surface area contributed by atoms with Crippen LogP contribution in [-0.2, 0) is 9.57 Å². The van der Waals surface area contributed by atoms with Gasteiger partial charge >= 0.3 is 0 Å². The number of nitrogens with two attached hydrogens (primary N) is 1. The summed E-state index contributed by atoms with van der Waals surface area (Å²) < 4.78 is 10.6. The van der Waals surface area contributed by atoms with E-state index in [1.54, 1.807) is 29.2 Å². The Morgan fingerprint density at radius 1 is 1.21 bits per heavy atom. The van der Waals surface area contributed by atoms with E-state index in [-0.39, 0.29) is 5.91 Å². The maximum Gasteiger partial charge on any atom is 0.254 e. The molecule has 19 heavy (non-hydrogen) atoms. The Morgan fingerprint density at radius 2 is 1.89 bits per heavy atom. The number of benzene rings is 1. The Hall–Kier alpha value is -1.63. The van der Waals surface area contributed by atoms with Crippen LogP contribution in [0.4, 0.5) is 0 Å². The molecule has 6 heteroatoms. The minimum atomic E-state index is 0.0279. The maximum atomic E-state index is 12.2. The lowest BCUT2D eigenvalue weighted by molar-refractivity contribution is 0.0303. The Bertz CT molecular complexity index is 402. The highest BCUT2D eigenvalue weighted by Crippen LogP contribution is 2.14. The second-order valence-corrected chi connectivity index (χ2v) is 4.15. The number of ether oxygens (including phenoxy) is 2. The van der Waals surface area contributed by atoms with Gasteiger partial charge in [-0.05, 0) is 24.3 Å². The third kappa shape index (κ3) is 3.92. The number of carbonyl (C=O) groups excluding carboxylic acids is 1. The van der Waals surface area contributed by atoms with E-state index in [2.05, 4.69) is 4.84 Å². The summed E-state index contributed by atoms with van der Waals surface area (Å²) in [4.78, 5) is 18.4. The first-order valence-electron chi connectivity index (χ1n) is 6.23. The van der Waals surface area contributed by atoms with Gasteiger partial charge in [0.25, 0.3) is 5.91 Å². The fourth-order valence-electron chi connectivity index (χ4n) is 1.85. The van der Waals surface area contributed by atoms with Crippen molar-refractivity contribution in [2.24, 2.45) is 5.90 Å². The van der Waals surface area contributed by atoms with Gasteiger partial charge in [-0.15, -0.1) is 0 Å². The van der Waals surface area contributed by atoms with Crippen LogP contribution in [0, 0.1) is 0 Å². The topological polar surface area (TPSA) is 74.0 Å². The molecule has 0 atom stereocenters. The molecule has 104 valence electrons. The van der Waals surface area contributed by atoms with E-state index in [0.29, 0.717) is 50.8 Å². The fraction of sp³-hybridized carbons (Fsp3) is 0.462. The highest BCUT2D eigenvalue weighted by molar-refractivity contribution is 5.94. The minimum Gasteiger partial charge on any atom is -0.491 e. The van der Waals surface area contributed by atoms with Crippen molar-refractivity contribution in [2.75, 3.05) is 39.5 Å². The predicted molar refractivity (Wildman–Crippen MR) is 68.8 cm³/mol. The summed E-state index contributed by atoms with van der Waals surface area (Å²) in [5.41, 5.74) is 0.657. The van der Waals surface area contributed by atoms with E-state index >= 15 is 0 Å². The van der Waals surface area contributed by atoms with Crippen molar-refractivity contribution in [1.29, 1.82) is 0 Å². The lowest BCUT2D eigenvalue weighted by atomic mass is 10.2. The molecule has 0 bridgehead atoms. The average Bonchev–Trinajstić information content (AvgIpc) is 2.48. The molecule has 2 N–H and O–H groups in total. The van der Waals surface area contributed by atoms with Crippen molar-refractivity contribution in [1.82, 2.24) is 4.90 Å². The quantitative estimate of drug-likeness (QED) is 0.618. The SMILES string of the molecule is NOCCOc1ccc(C(=O)N2CCOCC2)cc1. The monoisotopic (exact) mass is 266 g/mol. The maximum absolute atomic E-state index is 12.2. The lowest BCUT2D eigenvalue weighted by Gasteiger charge is -2.26. The second kappa shape index (κ2) is 7.08. The molecular formula is C13H18N2O4. The average molecular weight is 266 g/mol. The standard InChI is InChI=1S/C13H18N2O4/c14-19-10-9-18-12-3-1-11(2-4-12)13(16)15-5-7-17-8-6-15/h1-4H,5-10,14H2. The summed E-state index contributed by atoms with van der Waals surface area (Å²) in [5, 5.41) is 0. The summed E-state index contributed by atoms with van der Waals surface area (Å²) in [6, 6.07) is 7.06. The molecule has 1 heterocycles. The Kier molecular flexibility index (Phi) is 5.14. The van der Waals surface area contributed by atoms with Crippen molar-refractivity contribution < 1.29 is 19.1 Å². The van der Waals surface area contributed by atoms with E-state index in [1.165, 1.54) is 0 Å². The molecular weight excluding hydrogens is 248 g/mol. The Morgan fingerprint density at radius 3 is 2.53 bits per heavy atom. The zero-order chi connectivity index (χ0) is 13.5. The van der Waals surface area contributed by atoms with Gasteiger partial charge in [0.1, 0.15) is 19.0 Å². The van der Waals surface area contributed by atoms with Gasteiger partial charge in [-0.3, -0.25) is 4.79 Å².